The van der Waals surface area contributed by atoms with Crippen molar-refractivity contribution in [2.24, 2.45) is 0 Å². The summed E-state index contributed by atoms with van der Waals surface area (Å²) in [5.74, 6) is 0.224. The lowest BCUT2D eigenvalue weighted by Gasteiger charge is -2.12. The zero-order valence-corrected chi connectivity index (χ0v) is 12.5. The summed E-state index contributed by atoms with van der Waals surface area (Å²) in [5.41, 5.74) is 1.50. The van der Waals surface area contributed by atoms with Gasteiger partial charge in [-0.3, -0.25) is 4.79 Å². The Hall–Kier alpha value is -2.69. The third kappa shape index (κ3) is 3.14. The number of ether oxygens (including phenoxy) is 1. The van der Waals surface area contributed by atoms with E-state index in [4.69, 9.17) is 4.74 Å². The van der Waals surface area contributed by atoms with Gasteiger partial charge < -0.3 is 20.1 Å². The van der Waals surface area contributed by atoms with Crippen LogP contribution in [0.4, 0.5) is 0 Å². The molecule has 0 atom stereocenters. The molecular weight excluding hydrogens is 284 g/mol. The largest absolute Gasteiger partial charge is 0.508 e. The van der Waals surface area contributed by atoms with Gasteiger partial charge >= 0.3 is 0 Å². The van der Waals surface area contributed by atoms with Crippen LogP contribution in [0.1, 0.15) is 27.9 Å². The van der Waals surface area contributed by atoms with Gasteiger partial charge in [0.2, 0.25) is 0 Å². The number of Topliss-reactive ketones (excluding diaryl/α,β-unsaturated/α-hetero) is 1. The number of rotatable bonds is 5. The third-order valence-corrected chi connectivity index (χ3v) is 3.57. The second-order valence-electron chi connectivity index (χ2n) is 5.03. The van der Waals surface area contributed by atoms with Crippen LogP contribution in [0.25, 0.3) is 0 Å². The van der Waals surface area contributed by atoms with Gasteiger partial charge in [-0.2, -0.15) is 0 Å². The predicted octanol–water partition coefficient (Wildman–Crippen LogP) is 2.94. The third-order valence-electron chi connectivity index (χ3n) is 3.57. The van der Waals surface area contributed by atoms with Crippen LogP contribution in [0.5, 0.6) is 23.0 Å². The summed E-state index contributed by atoms with van der Waals surface area (Å²) in [6, 6.07) is 7.27. The Morgan fingerprint density at radius 1 is 1.09 bits per heavy atom. The van der Waals surface area contributed by atoms with Crippen LogP contribution in [0, 0.1) is 6.92 Å². The van der Waals surface area contributed by atoms with E-state index in [1.807, 2.05) is 0 Å². The Bertz CT molecular complexity index is 706. The Morgan fingerprint density at radius 2 is 1.82 bits per heavy atom. The lowest BCUT2D eigenvalue weighted by atomic mass is 9.99. The molecule has 3 N–H and O–H groups in total. The second-order valence-corrected chi connectivity index (χ2v) is 5.03. The van der Waals surface area contributed by atoms with E-state index in [0.717, 1.165) is 0 Å². The molecule has 0 saturated carbocycles. The highest BCUT2D eigenvalue weighted by molar-refractivity contribution is 5.99. The standard InChI is InChI=1S/C17H18O5/c1-10-14(19)8-6-13(17(10)22-2)15(20)7-4-11-3-5-12(18)9-16(11)21/h3,5-6,8-9,18-19,21H,4,7H2,1-2H3. The van der Waals surface area contributed by atoms with E-state index < -0.39 is 0 Å². The van der Waals surface area contributed by atoms with Crippen molar-refractivity contribution in [2.75, 3.05) is 7.11 Å². The number of hydrogen-bond donors (Lipinski definition) is 3. The average Bonchev–Trinajstić information content (AvgIpc) is 2.48. The zero-order valence-electron chi connectivity index (χ0n) is 12.5. The number of phenolic OH excluding ortho intramolecular Hbond substituents is 3. The minimum atomic E-state index is -0.146. The lowest BCUT2D eigenvalue weighted by Crippen LogP contribution is -2.05. The van der Waals surface area contributed by atoms with Crippen LogP contribution in [-0.4, -0.2) is 28.2 Å². The van der Waals surface area contributed by atoms with Crippen LogP contribution >= 0.6 is 0 Å². The fourth-order valence-electron chi connectivity index (χ4n) is 2.31. The second kappa shape index (κ2) is 6.39. The Morgan fingerprint density at radius 3 is 2.45 bits per heavy atom. The van der Waals surface area contributed by atoms with E-state index in [0.29, 0.717) is 28.9 Å². The number of methoxy groups -OCH3 is 1. The number of ketones is 1. The van der Waals surface area contributed by atoms with Gasteiger partial charge in [0, 0.05) is 18.1 Å². The fraction of sp³-hybridized carbons (Fsp3) is 0.235. The van der Waals surface area contributed by atoms with E-state index in [9.17, 15) is 20.1 Å². The molecule has 116 valence electrons. The molecule has 0 fully saturated rings. The molecule has 2 aromatic carbocycles. The van der Waals surface area contributed by atoms with Gasteiger partial charge in [0.25, 0.3) is 0 Å². The molecule has 0 amide bonds. The molecule has 0 unspecified atom stereocenters. The molecule has 22 heavy (non-hydrogen) atoms. The monoisotopic (exact) mass is 302 g/mol. The van der Waals surface area contributed by atoms with Crippen molar-refractivity contribution in [3.8, 4) is 23.0 Å². The molecular formula is C17H18O5. The number of aromatic hydroxyl groups is 3. The molecule has 0 heterocycles. The molecule has 0 bridgehead atoms. The first-order valence-corrected chi connectivity index (χ1v) is 6.84. The molecule has 5 nitrogen and oxygen atoms in total. The normalized spacial score (nSPS) is 10.5. The summed E-state index contributed by atoms with van der Waals surface area (Å²) in [5, 5.41) is 28.6. The first-order valence-electron chi connectivity index (χ1n) is 6.84. The minimum absolute atomic E-state index is 0.0246. The van der Waals surface area contributed by atoms with Crippen LogP contribution < -0.4 is 4.74 Å². The Balaban J connectivity index is 2.18. The molecule has 0 aliphatic carbocycles. The number of phenols is 3. The Kier molecular flexibility index (Phi) is 4.56. The zero-order chi connectivity index (χ0) is 16.3. The first kappa shape index (κ1) is 15.7. The lowest BCUT2D eigenvalue weighted by molar-refractivity contribution is 0.0979. The van der Waals surface area contributed by atoms with Crippen molar-refractivity contribution in [1.82, 2.24) is 0 Å². The summed E-state index contributed by atoms with van der Waals surface area (Å²) < 4.78 is 5.21. The minimum Gasteiger partial charge on any atom is -0.508 e. The van der Waals surface area contributed by atoms with Gasteiger partial charge in [0.05, 0.1) is 12.7 Å². The highest BCUT2D eigenvalue weighted by Gasteiger charge is 2.17. The number of hydrogen-bond acceptors (Lipinski definition) is 5. The van der Waals surface area contributed by atoms with Crippen LogP contribution in [-0.2, 0) is 6.42 Å². The molecule has 0 spiro atoms. The van der Waals surface area contributed by atoms with Gasteiger partial charge in [-0.15, -0.1) is 0 Å². The summed E-state index contributed by atoms with van der Waals surface area (Å²) in [6.45, 7) is 1.68. The topological polar surface area (TPSA) is 87.0 Å². The number of aryl methyl sites for hydroxylation is 1. The average molecular weight is 302 g/mol. The maximum Gasteiger partial charge on any atom is 0.166 e. The smallest absolute Gasteiger partial charge is 0.166 e. The van der Waals surface area contributed by atoms with Gasteiger partial charge in [-0.1, -0.05) is 6.07 Å². The van der Waals surface area contributed by atoms with Crippen LogP contribution in [0.15, 0.2) is 30.3 Å². The molecule has 0 aliphatic heterocycles. The summed E-state index contributed by atoms with van der Waals surface area (Å²) >= 11 is 0. The predicted molar refractivity (Wildman–Crippen MR) is 81.8 cm³/mol. The molecule has 2 aromatic rings. The van der Waals surface area contributed by atoms with Crippen molar-refractivity contribution in [3.05, 3.63) is 47.0 Å². The number of carbonyl (C=O) groups excluding carboxylic acids is 1. The van der Waals surface area contributed by atoms with Crippen molar-refractivity contribution in [2.45, 2.75) is 19.8 Å². The molecule has 0 saturated heterocycles. The summed E-state index contributed by atoms with van der Waals surface area (Å²) in [6.07, 6.45) is 0.521. The van der Waals surface area contributed by atoms with Gasteiger partial charge in [-0.25, -0.2) is 0 Å². The van der Waals surface area contributed by atoms with Gasteiger partial charge in [0.15, 0.2) is 5.78 Å². The maximum absolute atomic E-state index is 12.3. The fourth-order valence-corrected chi connectivity index (χ4v) is 2.31. The van der Waals surface area contributed by atoms with E-state index in [1.165, 1.54) is 31.4 Å². The van der Waals surface area contributed by atoms with Gasteiger partial charge in [-0.05, 0) is 37.1 Å². The quantitative estimate of drug-likeness (QED) is 0.739. The van der Waals surface area contributed by atoms with Crippen LogP contribution in [0.3, 0.4) is 0 Å². The highest BCUT2D eigenvalue weighted by Crippen LogP contribution is 2.32. The number of benzene rings is 2. The van der Waals surface area contributed by atoms with Crippen molar-refractivity contribution >= 4 is 5.78 Å². The molecule has 2 rings (SSSR count). The van der Waals surface area contributed by atoms with Crippen molar-refractivity contribution < 1.29 is 24.9 Å². The highest BCUT2D eigenvalue weighted by atomic mass is 16.5. The van der Waals surface area contributed by atoms with Crippen LogP contribution in [0.2, 0.25) is 0 Å². The molecule has 0 radical (unpaired) electrons. The van der Waals surface area contributed by atoms with E-state index >= 15 is 0 Å². The van der Waals surface area contributed by atoms with Crippen molar-refractivity contribution in [1.29, 1.82) is 0 Å². The van der Waals surface area contributed by atoms with Gasteiger partial charge in [0.1, 0.15) is 23.0 Å². The molecule has 0 aliphatic rings. The molecule has 5 heteroatoms. The SMILES string of the molecule is COc1c(C(=O)CCc2ccc(O)cc2O)ccc(O)c1C. The van der Waals surface area contributed by atoms with E-state index in [1.54, 1.807) is 13.0 Å². The maximum atomic E-state index is 12.3. The molecule has 0 aromatic heterocycles. The number of carbonyl (C=O) groups is 1. The van der Waals surface area contributed by atoms with E-state index in [2.05, 4.69) is 0 Å². The van der Waals surface area contributed by atoms with Crippen molar-refractivity contribution in [3.63, 3.8) is 0 Å². The summed E-state index contributed by atoms with van der Waals surface area (Å²) in [4.78, 5) is 12.3. The first-order chi connectivity index (χ1) is 10.4. The summed E-state index contributed by atoms with van der Waals surface area (Å²) in [7, 11) is 1.45. The van der Waals surface area contributed by atoms with E-state index in [-0.39, 0.29) is 29.5 Å². The Labute approximate surface area is 128 Å².